The number of hydrogen-bond donors (Lipinski definition) is 0. The molecule has 0 bridgehead atoms. The van der Waals surface area contributed by atoms with Gasteiger partial charge < -0.3 is 4.74 Å². The van der Waals surface area contributed by atoms with Crippen LogP contribution in [0.3, 0.4) is 0 Å². The summed E-state index contributed by atoms with van der Waals surface area (Å²) in [6.07, 6.45) is 1.40. The fraction of sp³-hybridized carbons (Fsp3) is 0. The predicted molar refractivity (Wildman–Crippen MR) is 70.1 cm³/mol. The first kappa shape index (κ1) is 12.8. The third-order valence-electron chi connectivity index (χ3n) is 2.05. The minimum Gasteiger partial charge on any atom is -0.431 e. The molecule has 0 aliphatic carbocycles. The molecule has 0 unspecified atom stereocenters. The molecule has 0 aliphatic rings. The summed E-state index contributed by atoms with van der Waals surface area (Å²) in [5.74, 6) is 0.340. The molecule has 2 rings (SSSR count). The maximum absolute atomic E-state index is 10.9. The minimum absolute atomic E-state index is 0.109. The summed E-state index contributed by atoms with van der Waals surface area (Å²) >= 11 is 8.90. The monoisotopic (exact) mass is 328 g/mol. The van der Waals surface area contributed by atoms with Gasteiger partial charge in [-0.3, -0.25) is 10.1 Å². The molecule has 0 atom stereocenters. The molecular formula is C11H6BrClN2O3. The zero-order chi connectivity index (χ0) is 13.1. The molecule has 0 N–H and O–H groups in total. The van der Waals surface area contributed by atoms with Crippen molar-refractivity contribution in [3.63, 3.8) is 0 Å². The van der Waals surface area contributed by atoms with Crippen molar-refractivity contribution < 1.29 is 9.66 Å². The van der Waals surface area contributed by atoms with E-state index >= 15 is 0 Å². The van der Waals surface area contributed by atoms with Gasteiger partial charge in [0.1, 0.15) is 0 Å². The number of nitrogens with zero attached hydrogens (tertiary/aromatic N) is 2. The normalized spacial score (nSPS) is 10.1. The minimum atomic E-state index is -0.518. The molecule has 0 saturated carbocycles. The van der Waals surface area contributed by atoms with Crippen LogP contribution >= 0.6 is 27.5 Å². The Labute approximate surface area is 116 Å². The Morgan fingerprint density at radius 3 is 2.72 bits per heavy atom. The zero-order valence-corrected chi connectivity index (χ0v) is 11.2. The molecule has 1 aromatic heterocycles. The quantitative estimate of drug-likeness (QED) is 0.625. The highest BCUT2D eigenvalue weighted by Gasteiger charge is 2.18. The van der Waals surface area contributed by atoms with Crippen LogP contribution in [0.15, 0.2) is 41.0 Å². The first-order valence-electron chi connectivity index (χ1n) is 4.80. The highest BCUT2D eigenvalue weighted by molar-refractivity contribution is 9.10. The maximum Gasteiger partial charge on any atom is 0.312 e. The van der Waals surface area contributed by atoms with Gasteiger partial charge >= 0.3 is 5.69 Å². The molecule has 0 aliphatic heterocycles. The molecule has 0 radical (unpaired) electrons. The van der Waals surface area contributed by atoms with Crippen LogP contribution in [0.25, 0.3) is 0 Å². The highest BCUT2D eigenvalue weighted by atomic mass is 79.9. The topological polar surface area (TPSA) is 65.3 Å². The number of nitro groups is 1. The van der Waals surface area contributed by atoms with Gasteiger partial charge in [0.25, 0.3) is 0 Å². The van der Waals surface area contributed by atoms with E-state index < -0.39 is 4.92 Å². The molecule has 0 amide bonds. The van der Waals surface area contributed by atoms with Crippen LogP contribution in [-0.4, -0.2) is 9.91 Å². The smallest absolute Gasteiger partial charge is 0.312 e. The van der Waals surface area contributed by atoms with Crippen molar-refractivity contribution >= 4 is 33.2 Å². The third-order valence-corrected chi connectivity index (χ3v) is 2.90. The molecule has 0 saturated heterocycles. The lowest BCUT2D eigenvalue weighted by atomic mass is 10.3. The van der Waals surface area contributed by atoms with E-state index in [1.165, 1.54) is 18.3 Å². The summed E-state index contributed by atoms with van der Waals surface area (Å²) in [5, 5.41) is 11.3. The van der Waals surface area contributed by atoms with E-state index in [0.717, 1.165) is 0 Å². The van der Waals surface area contributed by atoms with Crippen LogP contribution in [0.1, 0.15) is 0 Å². The fourth-order valence-electron chi connectivity index (χ4n) is 1.27. The maximum atomic E-state index is 10.9. The lowest BCUT2D eigenvalue weighted by Crippen LogP contribution is -1.95. The van der Waals surface area contributed by atoms with E-state index in [0.29, 0.717) is 9.50 Å². The SMILES string of the molecule is O=[N+]([O-])c1cccc(Br)c1Oc1ccc(Cl)cn1. The second kappa shape index (κ2) is 5.32. The second-order valence-corrected chi connectivity index (χ2v) is 4.55. The summed E-state index contributed by atoms with van der Waals surface area (Å²) in [6, 6.07) is 7.69. The number of rotatable bonds is 3. The van der Waals surface area contributed by atoms with Crippen LogP contribution in [0, 0.1) is 10.1 Å². The number of halogens is 2. The van der Waals surface area contributed by atoms with Crippen LogP contribution in [0.2, 0.25) is 5.02 Å². The second-order valence-electron chi connectivity index (χ2n) is 3.26. The number of aromatic nitrogens is 1. The Bertz CT molecular complexity index is 589. The van der Waals surface area contributed by atoms with E-state index in [1.54, 1.807) is 18.2 Å². The van der Waals surface area contributed by atoms with Gasteiger partial charge in [0.05, 0.1) is 14.4 Å². The van der Waals surface area contributed by atoms with Crippen molar-refractivity contribution in [3.05, 3.63) is 56.1 Å². The number of pyridine rings is 1. The van der Waals surface area contributed by atoms with E-state index in [-0.39, 0.29) is 17.3 Å². The van der Waals surface area contributed by atoms with Crippen molar-refractivity contribution in [2.75, 3.05) is 0 Å². The van der Waals surface area contributed by atoms with Gasteiger partial charge in [-0.2, -0.15) is 0 Å². The molecule has 5 nitrogen and oxygen atoms in total. The molecule has 1 heterocycles. The summed E-state index contributed by atoms with van der Waals surface area (Å²) < 4.78 is 5.88. The van der Waals surface area contributed by atoms with Gasteiger partial charge in [0, 0.05) is 18.3 Å². The number of ether oxygens (including phenoxy) is 1. The third kappa shape index (κ3) is 2.77. The molecule has 2 aromatic rings. The molecular weight excluding hydrogens is 323 g/mol. The van der Waals surface area contributed by atoms with E-state index in [9.17, 15) is 10.1 Å². The Morgan fingerprint density at radius 2 is 2.11 bits per heavy atom. The standard InChI is InChI=1S/C11H6BrClN2O3/c12-8-2-1-3-9(15(16)17)11(8)18-10-5-4-7(13)6-14-10/h1-6H. The molecule has 7 heteroatoms. The van der Waals surface area contributed by atoms with Gasteiger partial charge in [-0.05, 0) is 28.1 Å². The van der Waals surface area contributed by atoms with Gasteiger partial charge in [-0.15, -0.1) is 0 Å². The van der Waals surface area contributed by atoms with E-state index in [4.69, 9.17) is 16.3 Å². The summed E-state index contributed by atoms with van der Waals surface area (Å²) in [5.41, 5.74) is -0.138. The van der Waals surface area contributed by atoms with Gasteiger partial charge in [-0.25, -0.2) is 4.98 Å². The Morgan fingerprint density at radius 1 is 1.33 bits per heavy atom. The van der Waals surface area contributed by atoms with Gasteiger partial charge in [0.2, 0.25) is 11.6 Å². The molecule has 1 aromatic carbocycles. The van der Waals surface area contributed by atoms with Gasteiger partial charge in [-0.1, -0.05) is 17.7 Å². The van der Waals surface area contributed by atoms with E-state index in [1.807, 2.05) is 0 Å². The molecule has 0 spiro atoms. The zero-order valence-electron chi connectivity index (χ0n) is 8.84. The largest absolute Gasteiger partial charge is 0.431 e. The first-order valence-corrected chi connectivity index (χ1v) is 5.97. The summed E-state index contributed by atoms with van der Waals surface area (Å²) in [6.45, 7) is 0. The van der Waals surface area contributed by atoms with Crippen molar-refractivity contribution in [2.24, 2.45) is 0 Å². The number of nitro benzene ring substituents is 1. The molecule has 92 valence electrons. The van der Waals surface area contributed by atoms with Gasteiger partial charge in [0.15, 0.2) is 0 Å². The van der Waals surface area contributed by atoms with Crippen LogP contribution in [0.5, 0.6) is 11.6 Å². The van der Waals surface area contributed by atoms with Crippen LogP contribution < -0.4 is 4.74 Å². The average molecular weight is 330 g/mol. The summed E-state index contributed by atoms with van der Waals surface area (Å²) in [4.78, 5) is 14.3. The Hall–Kier alpha value is -1.66. The van der Waals surface area contributed by atoms with Crippen LogP contribution in [-0.2, 0) is 0 Å². The highest BCUT2D eigenvalue weighted by Crippen LogP contribution is 2.37. The molecule has 0 fully saturated rings. The summed E-state index contributed by atoms with van der Waals surface area (Å²) in [7, 11) is 0. The first-order chi connectivity index (χ1) is 8.58. The fourth-order valence-corrected chi connectivity index (χ4v) is 1.82. The average Bonchev–Trinajstić information content (AvgIpc) is 2.34. The van der Waals surface area contributed by atoms with Crippen molar-refractivity contribution in [1.82, 2.24) is 4.98 Å². The Balaban J connectivity index is 2.39. The molecule has 18 heavy (non-hydrogen) atoms. The number of hydrogen-bond acceptors (Lipinski definition) is 4. The number of benzene rings is 1. The lowest BCUT2D eigenvalue weighted by Gasteiger charge is -2.06. The van der Waals surface area contributed by atoms with Crippen molar-refractivity contribution in [1.29, 1.82) is 0 Å². The van der Waals surface area contributed by atoms with Crippen molar-refractivity contribution in [3.8, 4) is 11.6 Å². The van der Waals surface area contributed by atoms with Crippen LogP contribution in [0.4, 0.5) is 5.69 Å². The van der Waals surface area contributed by atoms with E-state index in [2.05, 4.69) is 20.9 Å². The predicted octanol–water partition coefficient (Wildman–Crippen LogP) is 4.20. The van der Waals surface area contributed by atoms with Crippen molar-refractivity contribution in [2.45, 2.75) is 0 Å². The Kier molecular flexibility index (Phi) is 3.78. The number of para-hydroxylation sites is 1. The lowest BCUT2D eigenvalue weighted by molar-refractivity contribution is -0.385.